The zero-order valence-electron chi connectivity index (χ0n) is 19.7. The highest BCUT2D eigenvalue weighted by Crippen LogP contribution is 2.31. The monoisotopic (exact) mass is 450 g/mol. The van der Waals surface area contributed by atoms with Crippen LogP contribution in [0.4, 0.5) is 4.39 Å². The molecule has 1 aliphatic rings. The lowest BCUT2D eigenvalue weighted by atomic mass is 10.0. The summed E-state index contributed by atoms with van der Waals surface area (Å²) in [6.07, 6.45) is 0.774. The number of benzene rings is 2. The number of amides is 1. The van der Waals surface area contributed by atoms with Gasteiger partial charge in [-0.2, -0.15) is 5.10 Å². The van der Waals surface area contributed by atoms with Crippen LogP contribution in [0.15, 0.2) is 48.5 Å². The van der Waals surface area contributed by atoms with E-state index in [2.05, 4.69) is 4.90 Å². The number of halogens is 1. The molecule has 2 heterocycles. The van der Waals surface area contributed by atoms with Gasteiger partial charge in [0.25, 0.3) is 0 Å². The van der Waals surface area contributed by atoms with Crippen molar-refractivity contribution in [3.63, 3.8) is 0 Å². The zero-order chi connectivity index (χ0) is 23.5. The van der Waals surface area contributed by atoms with Crippen molar-refractivity contribution < 1.29 is 13.9 Å². The Morgan fingerprint density at radius 3 is 2.64 bits per heavy atom. The molecule has 0 unspecified atom stereocenters. The van der Waals surface area contributed by atoms with Crippen molar-refractivity contribution in [1.82, 2.24) is 19.6 Å². The van der Waals surface area contributed by atoms with Gasteiger partial charge in [0.2, 0.25) is 5.91 Å². The largest absolute Gasteiger partial charge is 0.494 e. The van der Waals surface area contributed by atoms with Gasteiger partial charge in [-0.25, -0.2) is 9.07 Å². The van der Waals surface area contributed by atoms with Crippen LogP contribution in [-0.2, 0) is 30.8 Å². The number of carbonyl (C=O) groups excluding carboxylic acids is 1. The molecule has 6 nitrogen and oxygen atoms in total. The van der Waals surface area contributed by atoms with E-state index in [4.69, 9.17) is 9.84 Å². The van der Waals surface area contributed by atoms with Gasteiger partial charge in [-0.1, -0.05) is 44.2 Å². The SMILES string of the molecule is COc1ccccc1-n1nc(CN(C)C(=O)C(C)C)c2c1CCN(Cc1ccccc1F)C2. The predicted octanol–water partition coefficient (Wildman–Crippen LogP) is 4.19. The fourth-order valence-electron chi connectivity index (χ4n) is 4.42. The lowest BCUT2D eigenvalue weighted by Gasteiger charge is -2.28. The quantitative estimate of drug-likeness (QED) is 0.542. The average molecular weight is 451 g/mol. The van der Waals surface area contributed by atoms with Gasteiger partial charge < -0.3 is 9.64 Å². The molecule has 3 aromatic rings. The third-order valence-electron chi connectivity index (χ3n) is 6.14. The van der Waals surface area contributed by atoms with Gasteiger partial charge >= 0.3 is 0 Å². The van der Waals surface area contributed by atoms with Crippen LogP contribution in [0.2, 0.25) is 0 Å². The number of methoxy groups -OCH3 is 1. The third-order valence-corrected chi connectivity index (χ3v) is 6.14. The van der Waals surface area contributed by atoms with Crippen LogP contribution in [0.25, 0.3) is 5.69 Å². The Labute approximate surface area is 194 Å². The summed E-state index contributed by atoms with van der Waals surface area (Å²) in [5, 5.41) is 4.95. The molecule has 0 saturated carbocycles. The number of fused-ring (bicyclic) bond motifs is 1. The highest BCUT2D eigenvalue weighted by atomic mass is 19.1. The van der Waals surface area contributed by atoms with Crippen LogP contribution in [0.1, 0.15) is 36.4 Å². The fourth-order valence-corrected chi connectivity index (χ4v) is 4.42. The number of para-hydroxylation sites is 2. The molecule has 7 heteroatoms. The van der Waals surface area contributed by atoms with E-state index in [1.54, 1.807) is 18.1 Å². The van der Waals surface area contributed by atoms with Gasteiger partial charge in [0.05, 0.1) is 25.0 Å². The molecular formula is C26H31FN4O2. The predicted molar refractivity (Wildman–Crippen MR) is 126 cm³/mol. The number of ether oxygens (including phenoxy) is 1. The normalized spacial score (nSPS) is 13.8. The van der Waals surface area contributed by atoms with E-state index < -0.39 is 0 Å². The summed E-state index contributed by atoms with van der Waals surface area (Å²) < 4.78 is 21.8. The molecule has 0 bridgehead atoms. The van der Waals surface area contributed by atoms with Crippen molar-refractivity contribution in [1.29, 1.82) is 0 Å². The molecule has 1 aliphatic heterocycles. The van der Waals surface area contributed by atoms with Crippen molar-refractivity contribution >= 4 is 5.91 Å². The van der Waals surface area contributed by atoms with Crippen LogP contribution < -0.4 is 4.74 Å². The second-order valence-corrected chi connectivity index (χ2v) is 8.86. The molecular weight excluding hydrogens is 419 g/mol. The Kier molecular flexibility index (Phi) is 6.79. The molecule has 0 aliphatic carbocycles. The maximum atomic E-state index is 14.3. The Bertz CT molecular complexity index is 1140. The number of nitrogens with zero attached hydrogens (tertiary/aromatic N) is 4. The fraction of sp³-hybridized carbons (Fsp3) is 0.385. The number of carbonyl (C=O) groups is 1. The van der Waals surface area contributed by atoms with Crippen molar-refractivity contribution in [2.24, 2.45) is 5.92 Å². The van der Waals surface area contributed by atoms with E-state index in [-0.39, 0.29) is 17.6 Å². The van der Waals surface area contributed by atoms with Crippen LogP contribution in [0, 0.1) is 11.7 Å². The van der Waals surface area contributed by atoms with E-state index in [1.807, 2.05) is 62.0 Å². The van der Waals surface area contributed by atoms with E-state index in [0.717, 1.165) is 41.4 Å². The standard InChI is InChI=1S/C26H31FN4O2/c1-18(2)26(32)29(3)17-22-20-16-30(15-19-9-5-6-10-21(19)27)14-13-23(20)31(28-22)24-11-7-8-12-25(24)33-4/h5-12,18H,13-17H2,1-4H3. The minimum absolute atomic E-state index is 0.0783. The van der Waals surface area contributed by atoms with E-state index in [1.165, 1.54) is 6.07 Å². The molecule has 2 aromatic carbocycles. The number of rotatable bonds is 7. The number of hydrogen-bond donors (Lipinski definition) is 0. The molecule has 4 rings (SSSR count). The minimum atomic E-state index is -0.185. The summed E-state index contributed by atoms with van der Waals surface area (Å²) in [5.74, 6) is 0.555. The lowest BCUT2D eigenvalue weighted by molar-refractivity contribution is -0.133. The van der Waals surface area contributed by atoms with Gasteiger partial charge in [0.1, 0.15) is 17.3 Å². The van der Waals surface area contributed by atoms with Gasteiger partial charge in [0, 0.05) is 50.1 Å². The number of hydrogen-bond acceptors (Lipinski definition) is 4. The first-order valence-electron chi connectivity index (χ1n) is 11.3. The number of aromatic nitrogens is 2. The Hall–Kier alpha value is -3.19. The summed E-state index contributed by atoms with van der Waals surface area (Å²) in [5.41, 5.74) is 4.65. The first kappa shape index (κ1) is 23.0. The van der Waals surface area contributed by atoms with Gasteiger partial charge in [-0.15, -0.1) is 0 Å². The van der Waals surface area contributed by atoms with Crippen LogP contribution in [0.3, 0.4) is 0 Å². The van der Waals surface area contributed by atoms with Crippen LogP contribution in [-0.4, -0.2) is 46.2 Å². The molecule has 0 radical (unpaired) electrons. The lowest BCUT2D eigenvalue weighted by Crippen LogP contribution is -2.33. The molecule has 174 valence electrons. The summed E-state index contributed by atoms with van der Waals surface area (Å²) >= 11 is 0. The zero-order valence-corrected chi connectivity index (χ0v) is 19.7. The van der Waals surface area contributed by atoms with E-state index in [9.17, 15) is 9.18 Å². The van der Waals surface area contributed by atoms with Crippen LogP contribution >= 0.6 is 0 Å². The molecule has 0 saturated heterocycles. The van der Waals surface area contributed by atoms with E-state index >= 15 is 0 Å². The molecule has 0 N–H and O–H groups in total. The third kappa shape index (κ3) is 4.78. The Morgan fingerprint density at radius 2 is 1.91 bits per heavy atom. The summed E-state index contributed by atoms with van der Waals surface area (Å²) in [6, 6.07) is 14.7. The Morgan fingerprint density at radius 1 is 1.18 bits per heavy atom. The maximum Gasteiger partial charge on any atom is 0.225 e. The first-order chi connectivity index (χ1) is 15.9. The van der Waals surface area contributed by atoms with Crippen LogP contribution in [0.5, 0.6) is 5.75 Å². The summed E-state index contributed by atoms with van der Waals surface area (Å²) in [4.78, 5) is 16.5. The first-order valence-corrected chi connectivity index (χ1v) is 11.3. The highest BCUT2D eigenvalue weighted by Gasteiger charge is 2.28. The average Bonchev–Trinajstić information content (AvgIpc) is 3.17. The second-order valence-electron chi connectivity index (χ2n) is 8.86. The molecule has 0 fully saturated rings. The molecule has 0 atom stereocenters. The molecule has 1 amide bonds. The van der Waals surface area contributed by atoms with E-state index in [0.29, 0.717) is 25.2 Å². The van der Waals surface area contributed by atoms with Crippen molar-refractivity contribution in [3.8, 4) is 11.4 Å². The van der Waals surface area contributed by atoms with Gasteiger partial charge in [-0.05, 0) is 18.2 Å². The van der Waals surface area contributed by atoms with Crippen molar-refractivity contribution in [2.75, 3.05) is 20.7 Å². The van der Waals surface area contributed by atoms with Crippen molar-refractivity contribution in [2.45, 2.75) is 39.9 Å². The molecule has 1 aromatic heterocycles. The summed E-state index contributed by atoms with van der Waals surface area (Å²) in [7, 11) is 3.47. The highest BCUT2D eigenvalue weighted by molar-refractivity contribution is 5.77. The maximum absolute atomic E-state index is 14.3. The summed E-state index contributed by atoms with van der Waals surface area (Å²) in [6.45, 7) is 6.21. The smallest absolute Gasteiger partial charge is 0.225 e. The minimum Gasteiger partial charge on any atom is -0.494 e. The topological polar surface area (TPSA) is 50.6 Å². The Balaban J connectivity index is 1.70. The van der Waals surface area contributed by atoms with Gasteiger partial charge in [-0.3, -0.25) is 9.69 Å². The molecule has 33 heavy (non-hydrogen) atoms. The van der Waals surface area contributed by atoms with Gasteiger partial charge in [0.15, 0.2) is 0 Å². The van der Waals surface area contributed by atoms with Crippen molar-refractivity contribution in [3.05, 3.63) is 76.9 Å². The second kappa shape index (κ2) is 9.75. The molecule has 0 spiro atoms.